The Kier molecular flexibility index (Phi) is 60.1. The summed E-state index contributed by atoms with van der Waals surface area (Å²) in [7, 11) is -11.7. The van der Waals surface area contributed by atoms with Crippen LogP contribution in [0.2, 0.25) is 0 Å². The minimum atomic E-state index is -6.00. The van der Waals surface area contributed by atoms with Crippen LogP contribution in [0.5, 0.6) is 0 Å². The fraction of sp³-hybridized carbons (Fsp3) is 0.917. The first-order valence-electron chi connectivity index (χ1n) is 14.1. The summed E-state index contributed by atoms with van der Waals surface area (Å²) < 4.78 is 78.0. The van der Waals surface area contributed by atoms with Crippen molar-refractivity contribution < 1.29 is 51.6 Å². The summed E-state index contributed by atoms with van der Waals surface area (Å²) in [5, 5.41) is 14.6. The van der Waals surface area contributed by atoms with Crippen LogP contribution < -0.4 is 0 Å². The molecule has 2 nitrogen and oxygen atoms in total. The van der Waals surface area contributed by atoms with Crippen molar-refractivity contribution in [1.82, 2.24) is 0 Å². The molecule has 0 aliphatic carbocycles. The fourth-order valence-electron chi connectivity index (χ4n) is 3.12. The number of halogens is 8. The molecule has 0 aliphatic heterocycles. The smallest absolute Gasteiger partial charge is 0.418 e. The van der Waals surface area contributed by atoms with E-state index in [-0.39, 0.29) is 48.8 Å². The van der Waals surface area contributed by atoms with Gasteiger partial charge in [0.2, 0.25) is 0 Å². The van der Waals surface area contributed by atoms with Gasteiger partial charge in [-0.15, -0.1) is 0 Å². The number of hydrogen-bond donors (Lipinski definition) is 0. The minimum Gasteiger partial charge on any atom is -0.418 e. The molecule has 0 unspecified atom stereocenters. The largest absolute Gasteiger partial charge is 2.00 e. The van der Waals surface area contributed by atoms with E-state index in [0.717, 1.165) is 0 Å². The van der Waals surface area contributed by atoms with Crippen molar-refractivity contribution in [1.29, 1.82) is 10.5 Å². The van der Waals surface area contributed by atoms with Gasteiger partial charge in [0.05, 0.1) is 86.1 Å². The van der Waals surface area contributed by atoms with Gasteiger partial charge in [0.25, 0.3) is 0 Å². The minimum absolute atomic E-state index is 0. The SMILES string of the molecule is CC#N.CC#N.CC[PH+](CC)CC[PH+](CC)CC.CC[PH+](CC)CC[PH+](CC)CC.F[B-](F)(F)F.F[B-](F)(F)F.[Fe+2]. The van der Waals surface area contributed by atoms with Crippen LogP contribution in [-0.2, 0) is 17.1 Å². The van der Waals surface area contributed by atoms with Crippen LogP contribution in [0.3, 0.4) is 0 Å². The van der Waals surface area contributed by atoms with Gasteiger partial charge in [-0.3, -0.25) is 0 Å². The van der Waals surface area contributed by atoms with Gasteiger partial charge in [-0.05, 0) is 55.4 Å². The first kappa shape index (κ1) is 57.4. The quantitative estimate of drug-likeness (QED) is 0.102. The molecule has 0 aliphatic rings. The molecule has 41 heavy (non-hydrogen) atoms. The van der Waals surface area contributed by atoms with E-state index in [1.807, 2.05) is 0 Å². The first-order valence-corrected chi connectivity index (χ1v) is 22.6. The van der Waals surface area contributed by atoms with Crippen molar-refractivity contribution in [3.05, 3.63) is 0 Å². The van der Waals surface area contributed by atoms with E-state index in [9.17, 15) is 34.5 Å². The summed E-state index contributed by atoms with van der Waals surface area (Å²) in [4.78, 5) is 0. The fourth-order valence-corrected chi connectivity index (χ4v) is 13.6. The first-order chi connectivity index (χ1) is 18.4. The summed E-state index contributed by atoms with van der Waals surface area (Å²) in [6.45, 7) is 21.9. The van der Waals surface area contributed by atoms with Crippen molar-refractivity contribution in [3.8, 4) is 12.1 Å². The standard InChI is InChI=1S/2C10H24P2.2C2H3N.2BF4.Fe/c2*1-5-11(6-2)9-10-12(7-3)8-4;2*1-2-3;2*2-1(3,4)5;/h2*5-10H2,1-4H3;2*1H3;;;/q;;;;2*-1;+2/p+4. The van der Waals surface area contributed by atoms with Crippen molar-refractivity contribution in [2.75, 3.05) is 73.9 Å². The molecule has 0 rings (SSSR count). The average molecular weight is 728 g/mol. The van der Waals surface area contributed by atoms with Gasteiger partial charge < -0.3 is 34.5 Å². The normalized spacial score (nSPS) is 10.0. The second-order valence-electron chi connectivity index (χ2n) is 8.27. The monoisotopic (exact) mass is 728 g/mol. The molecule has 0 atom stereocenters. The van der Waals surface area contributed by atoms with Crippen molar-refractivity contribution in [3.63, 3.8) is 0 Å². The van der Waals surface area contributed by atoms with E-state index in [4.69, 9.17) is 10.5 Å². The summed E-state index contributed by atoms with van der Waals surface area (Å²) in [5.41, 5.74) is 0. The summed E-state index contributed by atoms with van der Waals surface area (Å²) in [6.07, 6.45) is 18.3. The molecule has 0 spiro atoms. The third-order valence-corrected chi connectivity index (χ3v) is 18.5. The number of rotatable bonds is 14. The zero-order valence-corrected chi connectivity index (χ0v) is 32.0. The van der Waals surface area contributed by atoms with E-state index in [0.29, 0.717) is 0 Å². The molecule has 0 bridgehead atoms. The Morgan fingerprint density at radius 3 is 0.537 bits per heavy atom. The Morgan fingerprint density at radius 1 is 0.415 bits per heavy atom. The molecule has 0 aromatic carbocycles. The Bertz CT molecular complexity index is 472. The van der Waals surface area contributed by atoms with Crippen molar-refractivity contribution in [2.24, 2.45) is 0 Å². The Hall–Kier alpha value is 0.789. The van der Waals surface area contributed by atoms with Crippen LogP contribution >= 0.6 is 31.7 Å². The topological polar surface area (TPSA) is 47.6 Å². The van der Waals surface area contributed by atoms with E-state index in [1.165, 1.54) is 63.1 Å². The van der Waals surface area contributed by atoms with Crippen LogP contribution in [-0.4, -0.2) is 88.5 Å². The van der Waals surface area contributed by atoms with E-state index < -0.39 is 14.5 Å². The van der Waals surface area contributed by atoms with Gasteiger partial charge in [-0.2, -0.15) is 10.5 Å². The van der Waals surface area contributed by atoms with Crippen LogP contribution in [0.25, 0.3) is 0 Å². The van der Waals surface area contributed by atoms with Gasteiger partial charge in [-0.25, -0.2) is 0 Å². The second kappa shape index (κ2) is 42.9. The zero-order chi connectivity index (χ0) is 33.2. The second-order valence-corrected chi connectivity index (χ2v) is 21.9. The predicted molar refractivity (Wildman–Crippen MR) is 180 cm³/mol. The van der Waals surface area contributed by atoms with Gasteiger partial charge in [0.1, 0.15) is 0 Å². The molecule has 0 saturated carbocycles. The average Bonchev–Trinajstić information content (AvgIpc) is 2.84. The molecule has 0 N–H and O–H groups in total. The molecule has 0 amide bonds. The van der Waals surface area contributed by atoms with Crippen molar-refractivity contribution >= 4 is 46.2 Å². The van der Waals surface area contributed by atoms with E-state index in [2.05, 4.69) is 55.4 Å². The number of nitrogens with zero attached hydrogens (tertiary/aromatic N) is 2. The molecule has 0 radical (unpaired) electrons. The molecule has 0 saturated heterocycles. The molecule has 0 fully saturated rings. The molecule has 250 valence electrons. The molecule has 0 heterocycles. The van der Waals surface area contributed by atoms with Gasteiger partial charge in [-0.1, -0.05) is 0 Å². The zero-order valence-electron chi connectivity index (χ0n) is 26.9. The molecule has 0 aromatic rings. The molecular formula is C24H58B2F8FeN2P4+4. The molecule has 17 heteroatoms. The van der Waals surface area contributed by atoms with Crippen LogP contribution in [0.15, 0.2) is 0 Å². The van der Waals surface area contributed by atoms with Gasteiger partial charge >= 0.3 is 31.6 Å². The van der Waals surface area contributed by atoms with Crippen LogP contribution in [0.4, 0.5) is 34.5 Å². The number of hydrogen-bond acceptors (Lipinski definition) is 2. The summed E-state index contributed by atoms with van der Waals surface area (Å²) in [5.74, 6) is 0. The third-order valence-electron chi connectivity index (χ3n) is 5.66. The van der Waals surface area contributed by atoms with Crippen molar-refractivity contribution in [2.45, 2.75) is 69.2 Å². The maximum absolute atomic E-state index is 9.75. The Morgan fingerprint density at radius 2 is 0.488 bits per heavy atom. The van der Waals surface area contributed by atoms with E-state index in [1.54, 1.807) is 36.8 Å². The van der Waals surface area contributed by atoms with Crippen LogP contribution in [0, 0.1) is 22.7 Å². The molecular weight excluding hydrogens is 670 g/mol. The summed E-state index contributed by atoms with van der Waals surface area (Å²) in [6, 6.07) is 3.50. The number of nitriles is 2. The van der Waals surface area contributed by atoms with E-state index >= 15 is 0 Å². The third kappa shape index (κ3) is 85.5. The van der Waals surface area contributed by atoms with Gasteiger partial charge in [0, 0.05) is 45.5 Å². The predicted octanol–water partition coefficient (Wildman–Crippen LogP) is 10.6. The maximum Gasteiger partial charge on any atom is 2.00 e. The Balaban J connectivity index is -0.0000000739. The van der Waals surface area contributed by atoms with Crippen LogP contribution in [0.1, 0.15) is 69.2 Å². The maximum atomic E-state index is 9.75. The Labute approximate surface area is 263 Å². The molecule has 0 aromatic heterocycles. The van der Waals surface area contributed by atoms with Gasteiger partial charge in [0.15, 0.2) is 0 Å². The summed E-state index contributed by atoms with van der Waals surface area (Å²) >= 11 is 0.